The van der Waals surface area contributed by atoms with Gasteiger partial charge in [-0.1, -0.05) is 18.2 Å². The fourth-order valence-electron chi connectivity index (χ4n) is 4.59. The summed E-state index contributed by atoms with van der Waals surface area (Å²) in [6.07, 6.45) is -4.82. The largest absolute Gasteiger partial charge is 0.421 e. The molecule has 4 rings (SSSR count). The standard InChI is InChI=1S/C23H30F3N3O5S2/c1-22(31,23(24,25)26)17-4-6-18(7-5-17)29-9-8-28(36(32,33)21-3-2-12-35-21)14-19(29)13-27-10-11-34-16-20(27)15-30/h2-7,12,19-20,30-31H,8-11,13-16H2,1H3/t19-,20+,22?/m1/s1. The molecule has 8 nitrogen and oxygen atoms in total. The highest BCUT2D eigenvalue weighted by atomic mass is 32.2. The molecule has 13 heteroatoms. The second-order valence-corrected chi connectivity index (χ2v) is 12.3. The van der Waals surface area contributed by atoms with Gasteiger partial charge in [-0.25, -0.2) is 8.42 Å². The molecule has 0 saturated carbocycles. The zero-order valence-corrected chi connectivity index (χ0v) is 21.4. The van der Waals surface area contributed by atoms with E-state index in [1.165, 1.54) is 28.6 Å². The Balaban J connectivity index is 1.61. The minimum atomic E-state index is -4.82. The van der Waals surface area contributed by atoms with Crippen LogP contribution in [0.2, 0.25) is 0 Å². The van der Waals surface area contributed by atoms with Gasteiger partial charge < -0.3 is 19.8 Å². The fourth-order valence-corrected chi connectivity index (χ4v) is 7.20. The third kappa shape index (κ3) is 5.42. The van der Waals surface area contributed by atoms with Gasteiger partial charge in [0.2, 0.25) is 0 Å². The Labute approximate surface area is 212 Å². The van der Waals surface area contributed by atoms with E-state index >= 15 is 0 Å². The molecule has 2 aliphatic heterocycles. The van der Waals surface area contributed by atoms with Crippen LogP contribution in [0.4, 0.5) is 18.9 Å². The van der Waals surface area contributed by atoms with E-state index in [1.54, 1.807) is 17.5 Å². The van der Waals surface area contributed by atoms with E-state index < -0.39 is 21.8 Å². The molecule has 36 heavy (non-hydrogen) atoms. The van der Waals surface area contributed by atoms with Gasteiger partial charge in [-0.05, 0) is 36.1 Å². The molecule has 0 spiro atoms. The fraction of sp³-hybridized carbons (Fsp3) is 0.565. The predicted octanol–water partition coefficient (Wildman–Crippen LogP) is 2.09. The lowest BCUT2D eigenvalue weighted by atomic mass is 9.95. The van der Waals surface area contributed by atoms with Crippen LogP contribution in [0, 0.1) is 0 Å². The lowest BCUT2D eigenvalue weighted by Crippen LogP contribution is -2.60. The van der Waals surface area contributed by atoms with Gasteiger partial charge in [0.05, 0.1) is 31.9 Å². The van der Waals surface area contributed by atoms with Crippen LogP contribution < -0.4 is 4.90 Å². The number of morpholine rings is 1. The summed E-state index contributed by atoms with van der Waals surface area (Å²) in [5, 5.41) is 21.5. The summed E-state index contributed by atoms with van der Waals surface area (Å²) in [4.78, 5) is 4.04. The van der Waals surface area contributed by atoms with Gasteiger partial charge in [-0.3, -0.25) is 4.90 Å². The number of aliphatic hydroxyl groups excluding tert-OH is 1. The average molecular weight is 550 g/mol. The van der Waals surface area contributed by atoms with Crippen molar-refractivity contribution in [3.05, 3.63) is 47.3 Å². The van der Waals surface area contributed by atoms with E-state index in [4.69, 9.17) is 4.74 Å². The molecule has 3 heterocycles. The number of halogens is 3. The quantitative estimate of drug-likeness (QED) is 0.547. The molecule has 1 aromatic carbocycles. The second kappa shape index (κ2) is 10.6. The Bertz CT molecular complexity index is 1110. The Hall–Kier alpha value is -1.74. The highest BCUT2D eigenvalue weighted by Crippen LogP contribution is 2.39. The molecule has 0 bridgehead atoms. The van der Waals surface area contributed by atoms with Crippen molar-refractivity contribution in [3.63, 3.8) is 0 Å². The van der Waals surface area contributed by atoms with Gasteiger partial charge in [0, 0.05) is 38.4 Å². The van der Waals surface area contributed by atoms with Crippen LogP contribution in [-0.4, -0.2) is 98.6 Å². The molecule has 3 atom stereocenters. The Morgan fingerprint density at radius 3 is 2.44 bits per heavy atom. The van der Waals surface area contributed by atoms with Gasteiger partial charge in [0.1, 0.15) is 4.21 Å². The minimum Gasteiger partial charge on any atom is -0.395 e. The highest BCUT2D eigenvalue weighted by molar-refractivity contribution is 7.91. The summed E-state index contributed by atoms with van der Waals surface area (Å²) >= 11 is 1.15. The summed E-state index contributed by atoms with van der Waals surface area (Å²) < 4.78 is 73.4. The van der Waals surface area contributed by atoms with Gasteiger partial charge in [0.25, 0.3) is 10.0 Å². The monoisotopic (exact) mass is 549 g/mol. The van der Waals surface area contributed by atoms with Crippen molar-refractivity contribution >= 4 is 27.0 Å². The first-order valence-electron chi connectivity index (χ1n) is 11.6. The summed E-state index contributed by atoms with van der Waals surface area (Å²) in [5.74, 6) is 0. The number of nitrogens with zero attached hydrogens (tertiary/aromatic N) is 3. The lowest BCUT2D eigenvalue weighted by Gasteiger charge is -2.45. The number of piperazine rings is 1. The first-order chi connectivity index (χ1) is 16.9. The Kier molecular flexibility index (Phi) is 8.01. The van der Waals surface area contributed by atoms with E-state index in [1.807, 2.05) is 4.90 Å². The molecule has 2 aromatic rings. The van der Waals surface area contributed by atoms with E-state index in [9.17, 15) is 31.8 Å². The van der Waals surface area contributed by atoms with E-state index in [0.717, 1.165) is 11.3 Å². The molecule has 2 aliphatic rings. The molecule has 1 aromatic heterocycles. The third-order valence-electron chi connectivity index (χ3n) is 6.85. The SMILES string of the molecule is CC(O)(c1ccc(N2CCN(S(=O)(=O)c3cccs3)C[C@H]2CN2CCOC[C@@H]2CO)cc1)C(F)(F)F. The van der Waals surface area contributed by atoms with Gasteiger partial charge in [-0.15, -0.1) is 11.3 Å². The van der Waals surface area contributed by atoms with E-state index in [2.05, 4.69) is 4.90 Å². The van der Waals surface area contributed by atoms with Crippen molar-refractivity contribution in [2.24, 2.45) is 0 Å². The van der Waals surface area contributed by atoms with E-state index in [-0.39, 0.29) is 41.6 Å². The van der Waals surface area contributed by atoms with Crippen LogP contribution in [0.3, 0.4) is 0 Å². The van der Waals surface area contributed by atoms with E-state index in [0.29, 0.717) is 45.5 Å². The third-order valence-corrected chi connectivity index (χ3v) is 10.1. The molecule has 0 radical (unpaired) electrons. The van der Waals surface area contributed by atoms with Crippen molar-refractivity contribution in [3.8, 4) is 0 Å². The number of rotatable bonds is 7. The number of ether oxygens (including phenoxy) is 1. The average Bonchev–Trinajstić information content (AvgIpc) is 3.40. The maximum Gasteiger partial charge on any atom is 0.421 e. The topological polar surface area (TPSA) is 93.6 Å². The smallest absolute Gasteiger partial charge is 0.395 e. The van der Waals surface area contributed by atoms with Crippen molar-refractivity contribution in [1.82, 2.24) is 9.21 Å². The summed E-state index contributed by atoms with van der Waals surface area (Å²) in [7, 11) is -3.69. The van der Waals surface area contributed by atoms with Gasteiger partial charge in [-0.2, -0.15) is 17.5 Å². The minimum absolute atomic E-state index is 0.106. The van der Waals surface area contributed by atoms with Crippen molar-refractivity contribution in [2.75, 3.05) is 57.4 Å². The maximum absolute atomic E-state index is 13.3. The van der Waals surface area contributed by atoms with Crippen LogP contribution in [-0.2, 0) is 20.4 Å². The highest BCUT2D eigenvalue weighted by Gasteiger charge is 2.51. The van der Waals surface area contributed by atoms with Crippen LogP contribution in [0.25, 0.3) is 0 Å². The number of thiophene rings is 1. The predicted molar refractivity (Wildman–Crippen MR) is 130 cm³/mol. The molecule has 0 aliphatic carbocycles. The molecular formula is C23H30F3N3O5S2. The number of hydrogen-bond acceptors (Lipinski definition) is 8. The van der Waals surface area contributed by atoms with Crippen LogP contribution >= 0.6 is 11.3 Å². The second-order valence-electron chi connectivity index (χ2n) is 9.17. The normalized spacial score (nSPS) is 24.6. The van der Waals surface area contributed by atoms with Gasteiger partial charge >= 0.3 is 6.18 Å². The van der Waals surface area contributed by atoms with Crippen LogP contribution in [0.1, 0.15) is 12.5 Å². The molecule has 0 amide bonds. The van der Waals surface area contributed by atoms with Crippen LogP contribution in [0.15, 0.2) is 46.0 Å². The summed E-state index contributed by atoms with van der Waals surface area (Å²) in [6, 6.07) is 8.24. The Morgan fingerprint density at radius 2 is 1.83 bits per heavy atom. The van der Waals surface area contributed by atoms with Crippen LogP contribution in [0.5, 0.6) is 0 Å². The molecular weight excluding hydrogens is 519 g/mol. The number of aliphatic hydroxyl groups is 2. The summed E-state index contributed by atoms with van der Waals surface area (Å²) in [5.41, 5.74) is -2.63. The lowest BCUT2D eigenvalue weighted by molar-refractivity contribution is -0.258. The summed E-state index contributed by atoms with van der Waals surface area (Å²) in [6.45, 7) is 3.19. The van der Waals surface area contributed by atoms with Crippen molar-refractivity contribution in [1.29, 1.82) is 0 Å². The van der Waals surface area contributed by atoms with Crippen molar-refractivity contribution in [2.45, 2.75) is 35.0 Å². The number of anilines is 1. The first-order valence-corrected chi connectivity index (χ1v) is 13.9. The number of hydrogen-bond donors (Lipinski definition) is 2. The molecule has 2 fully saturated rings. The number of alkyl halides is 3. The number of sulfonamides is 1. The first kappa shape index (κ1) is 27.3. The molecule has 2 saturated heterocycles. The molecule has 2 N–H and O–H groups in total. The zero-order chi connectivity index (χ0) is 26.1. The molecule has 1 unspecified atom stereocenters. The zero-order valence-electron chi connectivity index (χ0n) is 19.8. The number of benzene rings is 1. The van der Waals surface area contributed by atoms with Gasteiger partial charge in [0.15, 0.2) is 5.60 Å². The molecule has 200 valence electrons. The Morgan fingerprint density at radius 1 is 1.11 bits per heavy atom. The van der Waals surface area contributed by atoms with Crippen molar-refractivity contribution < 1.29 is 36.5 Å². The maximum atomic E-state index is 13.3.